The number of carbonyl (C=O) groups is 2. The maximum Gasteiger partial charge on any atom is 0.307 e. The Morgan fingerprint density at radius 2 is 2.06 bits per heavy atom. The SMILES string of the molecule is COC(=O)CCN(C)C(=O)c1cc(Cl)c(Cl)n1C. The van der Waals surface area contributed by atoms with Crippen molar-refractivity contribution in [3.05, 3.63) is 21.9 Å². The third-order valence-corrected chi connectivity index (χ3v) is 3.40. The van der Waals surface area contributed by atoms with Gasteiger partial charge in [0.1, 0.15) is 10.8 Å². The molecule has 7 heteroatoms. The Morgan fingerprint density at radius 3 is 2.50 bits per heavy atom. The molecule has 1 rings (SSSR count). The minimum absolute atomic E-state index is 0.143. The molecule has 0 saturated carbocycles. The second-order valence-electron chi connectivity index (χ2n) is 3.78. The predicted molar refractivity (Wildman–Crippen MR) is 69.0 cm³/mol. The van der Waals surface area contributed by atoms with E-state index in [2.05, 4.69) is 4.74 Å². The predicted octanol–water partition coefficient (Wildman–Crippen LogP) is 1.97. The van der Waals surface area contributed by atoms with Crippen LogP contribution in [0.4, 0.5) is 0 Å². The summed E-state index contributed by atoms with van der Waals surface area (Å²) < 4.78 is 6.01. The largest absolute Gasteiger partial charge is 0.469 e. The van der Waals surface area contributed by atoms with E-state index in [1.54, 1.807) is 14.1 Å². The van der Waals surface area contributed by atoms with Gasteiger partial charge in [-0.25, -0.2) is 0 Å². The number of halogens is 2. The lowest BCUT2D eigenvalue weighted by Crippen LogP contribution is -2.30. The first kappa shape index (κ1) is 14.9. The summed E-state index contributed by atoms with van der Waals surface area (Å²) in [7, 11) is 4.55. The second kappa shape index (κ2) is 6.11. The molecule has 0 spiro atoms. The Morgan fingerprint density at radius 1 is 1.44 bits per heavy atom. The molecule has 0 bridgehead atoms. The highest BCUT2D eigenvalue weighted by Gasteiger charge is 2.19. The number of ether oxygens (including phenoxy) is 1. The van der Waals surface area contributed by atoms with E-state index in [0.29, 0.717) is 15.9 Å². The Hall–Kier alpha value is -1.20. The van der Waals surface area contributed by atoms with Crippen molar-refractivity contribution < 1.29 is 14.3 Å². The van der Waals surface area contributed by atoms with Crippen LogP contribution in [0.25, 0.3) is 0 Å². The Labute approximate surface area is 115 Å². The molecule has 0 aromatic carbocycles. The van der Waals surface area contributed by atoms with Gasteiger partial charge in [0.15, 0.2) is 0 Å². The molecule has 0 N–H and O–H groups in total. The summed E-state index contributed by atoms with van der Waals surface area (Å²) in [6.45, 7) is 0.270. The fraction of sp³-hybridized carbons (Fsp3) is 0.455. The topological polar surface area (TPSA) is 51.5 Å². The first-order valence-corrected chi connectivity index (χ1v) is 5.97. The molecule has 1 heterocycles. The van der Waals surface area contributed by atoms with Crippen LogP contribution in [-0.2, 0) is 16.6 Å². The minimum atomic E-state index is -0.363. The fourth-order valence-electron chi connectivity index (χ4n) is 1.41. The van der Waals surface area contributed by atoms with Gasteiger partial charge in [0.05, 0.1) is 18.6 Å². The normalized spacial score (nSPS) is 10.3. The van der Waals surface area contributed by atoms with Crippen molar-refractivity contribution >= 4 is 35.1 Å². The lowest BCUT2D eigenvalue weighted by molar-refractivity contribution is -0.140. The van der Waals surface area contributed by atoms with Gasteiger partial charge in [-0.15, -0.1) is 0 Å². The zero-order chi connectivity index (χ0) is 13.9. The number of nitrogens with zero attached hydrogens (tertiary/aromatic N) is 2. The second-order valence-corrected chi connectivity index (χ2v) is 4.55. The van der Waals surface area contributed by atoms with Crippen LogP contribution in [0.1, 0.15) is 16.9 Å². The zero-order valence-electron chi connectivity index (χ0n) is 10.4. The molecule has 1 aromatic heterocycles. The number of methoxy groups -OCH3 is 1. The number of hydrogen-bond acceptors (Lipinski definition) is 3. The van der Waals surface area contributed by atoms with Crippen LogP contribution in [0.2, 0.25) is 10.2 Å². The van der Waals surface area contributed by atoms with Crippen molar-refractivity contribution in [1.29, 1.82) is 0 Å². The van der Waals surface area contributed by atoms with Crippen molar-refractivity contribution in [2.75, 3.05) is 20.7 Å². The van der Waals surface area contributed by atoms with Gasteiger partial charge in [0.2, 0.25) is 0 Å². The number of carbonyl (C=O) groups excluding carboxylic acids is 2. The van der Waals surface area contributed by atoms with E-state index >= 15 is 0 Å². The van der Waals surface area contributed by atoms with E-state index in [4.69, 9.17) is 23.2 Å². The summed E-state index contributed by atoms with van der Waals surface area (Å²) >= 11 is 11.7. The Bertz CT molecular complexity index is 471. The van der Waals surface area contributed by atoms with Crippen LogP contribution in [0, 0.1) is 0 Å². The van der Waals surface area contributed by atoms with Gasteiger partial charge in [0, 0.05) is 20.6 Å². The monoisotopic (exact) mass is 292 g/mol. The molecular weight excluding hydrogens is 279 g/mol. The summed E-state index contributed by atoms with van der Waals surface area (Å²) in [5.41, 5.74) is 0.373. The quantitative estimate of drug-likeness (QED) is 0.797. The average Bonchev–Trinajstić information content (AvgIpc) is 2.62. The molecule has 0 unspecified atom stereocenters. The molecule has 100 valence electrons. The number of rotatable bonds is 4. The van der Waals surface area contributed by atoms with E-state index in [1.807, 2.05) is 0 Å². The Kier molecular flexibility index (Phi) is 5.04. The van der Waals surface area contributed by atoms with Crippen molar-refractivity contribution in [2.45, 2.75) is 6.42 Å². The number of hydrogen-bond donors (Lipinski definition) is 0. The van der Waals surface area contributed by atoms with Crippen LogP contribution < -0.4 is 0 Å². The minimum Gasteiger partial charge on any atom is -0.469 e. The maximum atomic E-state index is 12.1. The van der Waals surface area contributed by atoms with Gasteiger partial charge in [-0.2, -0.15) is 0 Å². The third-order valence-electron chi connectivity index (χ3n) is 2.56. The smallest absolute Gasteiger partial charge is 0.307 e. The van der Waals surface area contributed by atoms with Crippen LogP contribution in [0.15, 0.2) is 6.07 Å². The summed E-state index contributed by atoms with van der Waals surface area (Å²) in [4.78, 5) is 24.5. The first-order chi connectivity index (χ1) is 8.38. The number of esters is 1. The van der Waals surface area contributed by atoms with Crippen molar-refractivity contribution in [2.24, 2.45) is 7.05 Å². The molecule has 0 aliphatic carbocycles. The van der Waals surface area contributed by atoms with Gasteiger partial charge in [-0.1, -0.05) is 23.2 Å². The lowest BCUT2D eigenvalue weighted by atomic mass is 10.3. The fourth-order valence-corrected chi connectivity index (χ4v) is 1.78. The van der Waals surface area contributed by atoms with Crippen LogP contribution in [0.5, 0.6) is 0 Å². The highest BCUT2D eigenvalue weighted by atomic mass is 35.5. The van der Waals surface area contributed by atoms with Gasteiger partial charge in [0.25, 0.3) is 5.91 Å². The van der Waals surface area contributed by atoms with Crippen LogP contribution >= 0.6 is 23.2 Å². The zero-order valence-corrected chi connectivity index (χ0v) is 11.9. The van der Waals surface area contributed by atoms with Crippen molar-refractivity contribution in [3.63, 3.8) is 0 Å². The molecule has 5 nitrogen and oxygen atoms in total. The van der Waals surface area contributed by atoms with Crippen molar-refractivity contribution in [1.82, 2.24) is 9.47 Å². The standard InChI is InChI=1S/C11H14Cl2N2O3/c1-14(5-4-9(16)18-3)11(17)8-6-7(12)10(13)15(8)2/h6H,4-5H2,1-3H3. The molecule has 0 atom stereocenters. The van der Waals surface area contributed by atoms with Gasteiger partial charge >= 0.3 is 5.97 Å². The van der Waals surface area contributed by atoms with E-state index < -0.39 is 0 Å². The highest BCUT2D eigenvalue weighted by Crippen LogP contribution is 2.25. The summed E-state index contributed by atoms with van der Waals surface area (Å²) in [5, 5.41) is 0.630. The molecule has 0 aliphatic heterocycles. The van der Waals surface area contributed by atoms with Gasteiger partial charge in [-0.3, -0.25) is 9.59 Å². The molecular formula is C11H14Cl2N2O3. The number of aromatic nitrogens is 1. The molecule has 0 aliphatic rings. The molecule has 0 radical (unpaired) electrons. The van der Waals surface area contributed by atoms with E-state index in [0.717, 1.165) is 0 Å². The van der Waals surface area contributed by atoms with E-state index in [9.17, 15) is 9.59 Å². The van der Waals surface area contributed by atoms with Crippen molar-refractivity contribution in [3.8, 4) is 0 Å². The molecule has 18 heavy (non-hydrogen) atoms. The first-order valence-electron chi connectivity index (χ1n) is 5.21. The summed E-state index contributed by atoms with van der Waals surface area (Å²) in [6.07, 6.45) is 0.143. The van der Waals surface area contributed by atoms with Crippen LogP contribution in [0.3, 0.4) is 0 Å². The van der Waals surface area contributed by atoms with E-state index in [-0.39, 0.29) is 24.8 Å². The lowest BCUT2D eigenvalue weighted by Gasteiger charge is -2.16. The molecule has 1 aromatic rings. The molecule has 0 saturated heterocycles. The number of amides is 1. The summed E-state index contributed by atoms with van der Waals surface area (Å²) in [5.74, 6) is -0.618. The Balaban J connectivity index is 2.74. The highest BCUT2D eigenvalue weighted by molar-refractivity contribution is 6.41. The van der Waals surface area contributed by atoms with E-state index in [1.165, 1.54) is 22.6 Å². The average molecular weight is 293 g/mol. The molecule has 0 fully saturated rings. The van der Waals surface area contributed by atoms with Crippen LogP contribution in [-0.4, -0.2) is 42.0 Å². The maximum absolute atomic E-state index is 12.1. The van der Waals surface area contributed by atoms with Gasteiger partial charge < -0.3 is 14.2 Å². The molecule has 1 amide bonds. The third kappa shape index (κ3) is 3.17. The van der Waals surface area contributed by atoms with Gasteiger partial charge in [-0.05, 0) is 6.07 Å². The summed E-state index contributed by atoms with van der Waals surface area (Å²) in [6, 6.07) is 1.50.